The Balaban J connectivity index is 0.00000180. The van der Waals surface area contributed by atoms with Gasteiger partial charge in [-0.2, -0.15) is 4.57 Å². The molecule has 2 aromatic rings. The molecule has 1 aromatic heterocycles. The summed E-state index contributed by atoms with van der Waals surface area (Å²) in [5, 5.41) is 0. The number of nitrogens with zero attached hydrogens (tertiary/aromatic N) is 1. The van der Waals surface area contributed by atoms with Crippen molar-refractivity contribution in [2.45, 2.75) is 13.5 Å². The second-order valence-electron chi connectivity index (χ2n) is 4.11. The lowest BCUT2D eigenvalue weighted by molar-refractivity contribution is -0.683. The number of halogens is 1. The average Bonchev–Trinajstić information content (AvgIpc) is 2.40. The van der Waals surface area contributed by atoms with E-state index in [2.05, 4.69) is 0 Å². The zero-order chi connectivity index (χ0) is 13.0. The number of aromatic nitrogens is 1. The molecule has 1 heterocycles. The lowest BCUT2D eigenvalue weighted by atomic mass is 10.1. The second-order valence-corrected chi connectivity index (χ2v) is 4.11. The molecule has 0 fully saturated rings. The van der Waals surface area contributed by atoms with Gasteiger partial charge in [-0.25, -0.2) is 0 Å². The van der Waals surface area contributed by atoms with Gasteiger partial charge in [0, 0.05) is 11.6 Å². The molecule has 0 atom stereocenters. The predicted octanol–water partition coefficient (Wildman–Crippen LogP) is -0.936. The Kier molecular flexibility index (Phi) is 5.57. The molecule has 0 unspecified atom stereocenters. The van der Waals surface area contributed by atoms with E-state index in [-0.39, 0.29) is 35.1 Å². The van der Waals surface area contributed by atoms with Gasteiger partial charge in [0.25, 0.3) is 0 Å². The number of Topliss-reactive ketones (excluding diaryl/α,β-unsaturated/α-hetero) is 2. The second kappa shape index (κ2) is 6.95. The Hall–Kier alpha value is -1.81. The highest BCUT2D eigenvalue weighted by molar-refractivity contribution is 5.95. The van der Waals surface area contributed by atoms with Crippen molar-refractivity contribution in [1.82, 2.24) is 0 Å². The number of benzene rings is 1. The van der Waals surface area contributed by atoms with Crippen LogP contribution in [0.1, 0.15) is 27.6 Å². The summed E-state index contributed by atoms with van der Waals surface area (Å²) in [5.41, 5.74) is 1.29. The van der Waals surface area contributed by atoms with Crippen LogP contribution in [0.3, 0.4) is 0 Å². The summed E-state index contributed by atoms with van der Waals surface area (Å²) in [5.74, 6) is 0.0258. The summed E-state index contributed by atoms with van der Waals surface area (Å²) in [4.78, 5) is 23.2. The molecular formula is C15H14BrNO2. The summed E-state index contributed by atoms with van der Waals surface area (Å²) in [7, 11) is 0. The van der Waals surface area contributed by atoms with Gasteiger partial charge in [0.1, 0.15) is 0 Å². The first kappa shape index (κ1) is 15.2. The minimum absolute atomic E-state index is 0. The van der Waals surface area contributed by atoms with Crippen molar-refractivity contribution in [3.8, 4) is 0 Å². The quantitative estimate of drug-likeness (QED) is 0.539. The van der Waals surface area contributed by atoms with Crippen molar-refractivity contribution in [2.24, 2.45) is 0 Å². The SMILES string of the molecule is CC(=O)c1ccc[n+](CC(=O)c2ccccc2)c1.[Br-]. The first-order valence-corrected chi connectivity index (χ1v) is 5.75. The molecule has 3 nitrogen and oxygen atoms in total. The van der Waals surface area contributed by atoms with Crippen molar-refractivity contribution in [3.63, 3.8) is 0 Å². The molecule has 19 heavy (non-hydrogen) atoms. The van der Waals surface area contributed by atoms with Crippen molar-refractivity contribution in [1.29, 1.82) is 0 Å². The van der Waals surface area contributed by atoms with E-state index in [9.17, 15) is 9.59 Å². The van der Waals surface area contributed by atoms with Crippen LogP contribution in [0.5, 0.6) is 0 Å². The van der Waals surface area contributed by atoms with Crippen LogP contribution < -0.4 is 21.5 Å². The molecule has 0 aliphatic carbocycles. The van der Waals surface area contributed by atoms with E-state index in [0.717, 1.165) is 0 Å². The van der Waals surface area contributed by atoms with Gasteiger partial charge in [-0.1, -0.05) is 30.3 Å². The van der Waals surface area contributed by atoms with Gasteiger partial charge in [0.2, 0.25) is 12.3 Å². The number of ketones is 2. The standard InChI is InChI=1S/C15H14NO2.BrH/c1-12(17)14-8-5-9-16(10-14)11-15(18)13-6-3-2-4-7-13;/h2-10H,11H2,1H3;1H/q+1;/p-1. The molecule has 0 spiro atoms. The third-order valence-electron chi connectivity index (χ3n) is 2.69. The molecule has 0 aliphatic rings. The van der Waals surface area contributed by atoms with E-state index in [1.165, 1.54) is 6.92 Å². The molecule has 98 valence electrons. The van der Waals surface area contributed by atoms with Crippen molar-refractivity contribution in [3.05, 3.63) is 66.0 Å². The minimum Gasteiger partial charge on any atom is -1.00 e. The van der Waals surface area contributed by atoms with Crippen LogP contribution in [0, 0.1) is 0 Å². The summed E-state index contributed by atoms with van der Waals surface area (Å²) < 4.78 is 1.73. The molecule has 0 aliphatic heterocycles. The Morgan fingerprint density at radius 1 is 1.00 bits per heavy atom. The Labute approximate surface area is 122 Å². The fourth-order valence-electron chi connectivity index (χ4n) is 1.71. The molecule has 0 radical (unpaired) electrons. The fourth-order valence-corrected chi connectivity index (χ4v) is 1.71. The molecule has 1 aromatic carbocycles. The highest BCUT2D eigenvalue weighted by Crippen LogP contribution is 2.00. The van der Waals surface area contributed by atoms with Crippen molar-refractivity contribution < 1.29 is 31.1 Å². The maximum atomic E-state index is 12.0. The number of hydrogen-bond acceptors (Lipinski definition) is 2. The summed E-state index contributed by atoms with van der Waals surface area (Å²) >= 11 is 0. The van der Waals surface area contributed by atoms with Crippen molar-refractivity contribution in [2.75, 3.05) is 0 Å². The van der Waals surface area contributed by atoms with Crippen LogP contribution in [0.15, 0.2) is 54.9 Å². The maximum Gasteiger partial charge on any atom is 0.227 e. The Morgan fingerprint density at radius 3 is 2.26 bits per heavy atom. The van der Waals surface area contributed by atoms with Gasteiger partial charge in [0.05, 0.1) is 5.56 Å². The van der Waals surface area contributed by atoms with Gasteiger partial charge in [-0.3, -0.25) is 9.59 Å². The fraction of sp³-hybridized carbons (Fsp3) is 0.133. The van der Waals surface area contributed by atoms with E-state index in [1.807, 2.05) is 18.2 Å². The molecule has 0 amide bonds. The number of hydrogen-bond donors (Lipinski definition) is 0. The van der Waals surface area contributed by atoms with E-state index >= 15 is 0 Å². The number of rotatable bonds is 4. The topological polar surface area (TPSA) is 38.0 Å². The van der Waals surface area contributed by atoms with Crippen LogP contribution in [0.25, 0.3) is 0 Å². The number of pyridine rings is 1. The predicted molar refractivity (Wildman–Crippen MR) is 67.4 cm³/mol. The first-order chi connectivity index (χ1) is 8.66. The average molecular weight is 320 g/mol. The van der Waals surface area contributed by atoms with E-state index < -0.39 is 0 Å². The number of carbonyl (C=O) groups is 2. The van der Waals surface area contributed by atoms with Crippen LogP contribution in [-0.2, 0) is 6.54 Å². The van der Waals surface area contributed by atoms with Gasteiger partial charge in [-0.05, 0) is 13.0 Å². The Bertz CT molecular complexity index is 582. The van der Waals surface area contributed by atoms with Gasteiger partial charge in [-0.15, -0.1) is 0 Å². The highest BCUT2D eigenvalue weighted by atomic mass is 79.9. The van der Waals surface area contributed by atoms with E-state index in [4.69, 9.17) is 0 Å². The van der Waals surface area contributed by atoms with Crippen LogP contribution in [-0.4, -0.2) is 11.6 Å². The molecule has 0 saturated heterocycles. The molecule has 0 N–H and O–H groups in total. The zero-order valence-electron chi connectivity index (χ0n) is 10.5. The van der Waals surface area contributed by atoms with Crippen molar-refractivity contribution >= 4 is 11.6 Å². The van der Waals surface area contributed by atoms with E-state index in [0.29, 0.717) is 11.1 Å². The largest absolute Gasteiger partial charge is 1.00 e. The van der Waals surface area contributed by atoms with Crippen LogP contribution in [0.2, 0.25) is 0 Å². The first-order valence-electron chi connectivity index (χ1n) is 5.75. The van der Waals surface area contributed by atoms with Crippen LogP contribution >= 0.6 is 0 Å². The third kappa shape index (κ3) is 4.10. The molecule has 0 saturated carbocycles. The highest BCUT2D eigenvalue weighted by Gasteiger charge is 2.13. The monoisotopic (exact) mass is 319 g/mol. The smallest absolute Gasteiger partial charge is 0.227 e. The lowest BCUT2D eigenvalue weighted by Crippen LogP contribution is -3.00. The molecular weight excluding hydrogens is 306 g/mol. The third-order valence-corrected chi connectivity index (χ3v) is 2.69. The van der Waals surface area contributed by atoms with E-state index in [1.54, 1.807) is 41.2 Å². The minimum atomic E-state index is -0.00323. The van der Waals surface area contributed by atoms with Crippen LogP contribution in [0.4, 0.5) is 0 Å². The van der Waals surface area contributed by atoms with Gasteiger partial charge < -0.3 is 17.0 Å². The van der Waals surface area contributed by atoms with Gasteiger partial charge in [0.15, 0.2) is 18.2 Å². The Morgan fingerprint density at radius 2 is 1.63 bits per heavy atom. The molecule has 4 heteroatoms. The summed E-state index contributed by atoms with van der Waals surface area (Å²) in [6.07, 6.45) is 3.48. The normalized spacial score (nSPS) is 9.53. The maximum absolute atomic E-state index is 12.0. The molecule has 0 bridgehead atoms. The number of carbonyl (C=O) groups excluding carboxylic acids is 2. The summed E-state index contributed by atoms with van der Waals surface area (Å²) in [6.45, 7) is 1.75. The molecule has 2 rings (SSSR count). The lowest BCUT2D eigenvalue weighted by Gasteiger charge is -1.99. The summed E-state index contributed by atoms with van der Waals surface area (Å²) in [6, 6.07) is 12.6. The van der Waals surface area contributed by atoms with Gasteiger partial charge >= 0.3 is 0 Å². The zero-order valence-corrected chi connectivity index (χ0v) is 12.1.